The molecule has 1 rings (SSSR count). The van der Waals surface area contributed by atoms with Crippen molar-refractivity contribution in [3.05, 3.63) is 22.7 Å². The molecule has 1 aromatic carbocycles. The molecule has 0 fully saturated rings. The molecule has 0 unspecified atom stereocenters. The van der Waals surface area contributed by atoms with Gasteiger partial charge in [0, 0.05) is 18.1 Å². The van der Waals surface area contributed by atoms with Crippen LogP contribution < -0.4 is 10.5 Å². The number of anilines is 1. The molecule has 4 nitrogen and oxygen atoms in total. The molecule has 0 aromatic heterocycles. The zero-order valence-electron chi connectivity index (χ0n) is 9.37. The van der Waals surface area contributed by atoms with Crippen LogP contribution in [0.4, 0.5) is 5.69 Å². The van der Waals surface area contributed by atoms with Crippen molar-refractivity contribution in [2.45, 2.75) is 6.92 Å². The molecule has 1 amide bonds. The fourth-order valence-electron chi connectivity index (χ4n) is 1.08. The minimum absolute atomic E-state index is 0.0101. The van der Waals surface area contributed by atoms with Crippen molar-refractivity contribution in [2.24, 2.45) is 0 Å². The van der Waals surface area contributed by atoms with E-state index in [2.05, 4.69) is 15.9 Å². The number of hydrogen-bond acceptors (Lipinski definition) is 3. The van der Waals surface area contributed by atoms with E-state index in [1.54, 1.807) is 24.1 Å². The number of amides is 1. The van der Waals surface area contributed by atoms with Crippen LogP contribution in [0.3, 0.4) is 0 Å². The first-order valence-corrected chi connectivity index (χ1v) is 5.75. The maximum atomic E-state index is 11.5. The van der Waals surface area contributed by atoms with Crippen LogP contribution in [0, 0.1) is 0 Å². The maximum Gasteiger partial charge on any atom is 0.260 e. The van der Waals surface area contributed by atoms with Crippen molar-refractivity contribution in [1.82, 2.24) is 4.90 Å². The zero-order chi connectivity index (χ0) is 12.1. The van der Waals surface area contributed by atoms with Crippen LogP contribution in [0.25, 0.3) is 0 Å². The van der Waals surface area contributed by atoms with Crippen molar-refractivity contribution in [3.8, 4) is 5.75 Å². The molecule has 88 valence electrons. The number of hydrogen-bond donors (Lipinski definition) is 1. The van der Waals surface area contributed by atoms with Crippen LogP contribution in [-0.4, -0.2) is 31.0 Å². The highest BCUT2D eigenvalue weighted by atomic mass is 79.9. The summed E-state index contributed by atoms with van der Waals surface area (Å²) in [7, 11) is 1.73. The maximum absolute atomic E-state index is 11.5. The van der Waals surface area contributed by atoms with Gasteiger partial charge in [0.15, 0.2) is 6.61 Å². The Kier molecular flexibility index (Phi) is 4.61. The van der Waals surface area contributed by atoms with Crippen molar-refractivity contribution in [3.63, 3.8) is 0 Å². The van der Waals surface area contributed by atoms with Crippen LogP contribution in [0.15, 0.2) is 22.7 Å². The third kappa shape index (κ3) is 3.41. The van der Waals surface area contributed by atoms with Gasteiger partial charge >= 0.3 is 0 Å². The predicted molar refractivity (Wildman–Crippen MR) is 67.4 cm³/mol. The van der Waals surface area contributed by atoms with Gasteiger partial charge < -0.3 is 15.4 Å². The van der Waals surface area contributed by atoms with Crippen molar-refractivity contribution in [2.75, 3.05) is 25.9 Å². The van der Waals surface area contributed by atoms with Crippen LogP contribution in [-0.2, 0) is 4.79 Å². The van der Waals surface area contributed by atoms with E-state index in [0.29, 0.717) is 18.0 Å². The molecule has 0 heterocycles. The molecule has 0 aliphatic carbocycles. The lowest BCUT2D eigenvalue weighted by molar-refractivity contribution is -0.131. The number of carbonyl (C=O) groups is 1. The molecular formula is C11H15BrN2O2. The Morgan fingerprint density at radius 1 is 1.56 bits per heavy atom. The highest BCUT2D eigenvalue weighted by molar-refractivity contribution is 9.10. The quantitative estimate of drug-likeness (QED) is 0.860. The SMILES string of the molecule is CCN(C)C(=O)COc1ccc(Br)cc1N. The number of nitrogens with two attached hydrogens (primary N) is 1. The second-order valence-electron chi connectivity index (χ2n) is 3.38. The van der Waals surface area contributed by atoms with Gasteiger partial charge in [-0.15, -0.1) is 0 Å². The Bertz CT molecular complexity index is 382. The van der Waals surface area contributed by atoms with Gasteiger partial charge in [0.25, 0.3) is 5.91 Å². The van der Waals surface area contributed by atoms with Crippen molar-refractivity contribution >= 4 is 27.5 Å². The van der Waals surface area contributed by atoms with Gasteiger partial charge in [0.1, 0.15) is 5.75 Å². The van der Waals surface area contributed by atoms with Gasteiger partial charge in [-0.25, -0.2) is 0 Å². The molecule has 0 aliphatic heterocycles. The highest BCUT2D eigenvalue weighted by Crippen LogP contribution is 2.25. The smallest absolute Gasteiger partial charge is 0.260 e. The summed E-state index contributed by atoms with van der Waals surface area (Å²) in [5, 5.41) is 0. The Balaban J connectivity index is 2.58. The second-order valence-corrected chi connectivity index (χ2v) is 4.29. The van der Waals surface area contributed by atoms with E-state index in [9.17, 15) is 4.79 Å². The van der Waals surface area contributed by atoms with E-state index in [0.717, 1.165) is 4.47 Å². The number of benzene rings is 1. The van der Waals surface area contributed by atoms with Crippen molar-refractivity contribution in [1.29, 1.82) is 0 Å². The lowest BCUT2D eigenvalue weighted by Gasteiger charge is -2.15. The Labute approximate surface area is 103 Å². The van der Waals surface area contributed by atoms with E-state index >= 15 is 0 Å². The first-order chi connectivity index (χ1) is 7.54. The van der Waals surface area contributed by atoms with Crippen LogP contribution >= 0.6 is 15.9 Å². The Morgan fingerprint density at radius 2 is 2.25 bits per heavy atom. The summed E-state index contributed by atoms with van der Waals surface area (Å²) in [4.78, 5) is 13.1. The average Bonchev–Trinajstić information content (AvgIpc) is 2.26. The fraction of sp³-hybridized carbons (Fsp3) is 0.364. The van der Waals surface area contributed by atoms with E-state index in [1.807, 2.05) is 13.0 Å². The Hall–Kier alpha value is -1.23. The molecule has 16 heavy (non-hydrogen) atoms. The second kappa shape index (κ2) is 5.75. The summed E-state index contributed by atoms with van der Waals surface area (Å²) in [6, 6.07) is 5.29. The van der Waals surface area contributed by atoms with Crippen LogP contribution in [0.1, 0.15) is 6.92 Å². The molecule has 0 radical (unpaired) electrons. The minimum Gasteiger partial charge on any atom is -0.482 e. The normalized spacial score (nSPS) is 9.94. The van der Waals surface area contributed by atoms with Gasteiger partial charge in [-0.05, 0) is 25.1 Å². The lowest BCUT2D eigenvalue weighted by atomic mass is 10.3. The predicted octanol–water partition coefficient (Wildman–Crippen LogP) is 1.89. The molecule has 5 heteroatoms. The number of nitrogen functional groups attached to an aromatic ring is 1. The van der Waals surface area contributed by atoms with E-state index in [4.69, 9.17) is 10.5 Å². The topological polar surface area (TPSA) is 55.6 Å². The minimum atomic E-state index is -0.0650. The van der Waals surface area contributed by atoms with Crippen LogP contribution in [0.5, 0.6) is 5.75 Å². The standard InChI is InChI=1S/C11H15BrN2O2/c1-3-14(2)11(15)7-16-10-5-4-8(12)6-9(10)13/h4-6H,3,7,13H2,1-2H3. The molecule has 0 bridgehead atoms. The van der Waals surface area contributed by atoms with Crippen LogP contribution in [0.2, 0.25) is 0 Å². The molecule has 0 saturated carbocycles. The number of nitrogens with zero attached hydrogens (tertiary/aromatic N) is 1. The summed E-state index contributed by atoms with van der Waals surface area (Å²) >= 11 is 3.30. The van der Waals surface area contributed by atoms with E-state index in [-0.39, 0.29) is 12.5 Å². The number of rotatable bonds is 4. The first-order valence-electron chi connectivity index (χ1n) is 4.96. The molecule has 2 N–H and O–H groups in total. The van der Waals surface area contributed by atoms with E-state index < -0.39 is 0 Å². The van der Waals surface area contributed by atoms with Gasteiger partial charge in [0.05, 0.1) is 5.69 Å². The van der Waals surface area contributed by atoms with Gasteiger partial charge in [-0.1, -0.05) is 15.9 Å². The third-order valence-corrected chi connectivity index (χ3v) is 2.72. The highest BCUT2D eigenvalue weighted by Gasteiger charge is 2.08. The summed E-state index contributed by atoms with van der Waals surface area (Å²) in [5.74, 6) is 0.464. The van der Waals surface area contributed by atoms with Gasteiger partial charge in [-0.3, -0.25) is 4.79 Å². The van der Waals surface area contributed by atoms with Gasteiger partial charge in [-0.2, -0.15) is 0 Å². The molecular weight excluding hydrogens is 272 g/mol. The number of likely N-dealkylation sites (N-methyl/N-ethyl adjacent to an activating group) is 1. The molecule has 1 aromatic rings. The summed E-state index contributed by atoms with van der Waals surface area (Å²) in [6.45, 7) is 2.58. The van der Waals surface area contributed by atoms with E-state index in [1.165, 1.54) is 0 Å². The average molecular weight is 287 g/mol. The Morgan fingerprint density at radius 3 is 2.81 bits per heavy atom. The number of halogens is 1. The summed E-state index contributed by atoms with van der Waals surface area (Å²) < 4.78 is 6.22. The summed E-state index contributed by atoms with van der Waals surface area (Å²) in [6.07, 6.45) is 0. The zero-order valence-corrected chi connectivity index (χ0v) is 11.0. The third-order valence-electron chi connectivity index (χ3n) is 2.22. The first kappa shape index (κ1) is 12.8. The van der Waals surface area contributed by atoms with Gasteiger partial charge in [0.2, 0.25) is 0 Å². The monoisotopic (exact) mass is 286 g/mol. The molecule has 0 aliphatic rings. The molecule has 0 spiro atoms. The number of ether oxygens (including phenoxy) is 1. The largest absolute Gasteiger partial charge is 0.482 e. The lowest BCUT2D eigenvalue weighted by Crippen LogP contribution is -2.31. The fourth-order valence-corrected chi connectivity index (χ4v) is 1.46. The summed E-state index contributed by atoms with van der Waals surface area (Å²) in [5.41, 5.74) is 6.25. The van der Waals surface area contributed by atoms with Crippen molar-refractivity contribution < 1.29 is 9.53 Å². The number of carbonyl (C=O) groups excluding carboxylic acids is 1. The molecule has 0 saturated heterocycles. The molecule has 0 atom stereocenters.